The number of aliphatic hydroxyl groups excluding tert-OH is 1. The standard InChI is InChI=1S/C17H25NO3/c1-4-13-8-17(20)18(10-13)11-15-9-14(12(3)19)6-7-16(15)21-5-2/h6-7,9,12-13,19H,4-5,8,10-11H2,1-3H3. The first-order chi connectivity index (χ1) is 10.0. The van der Waals surface area contributed by atoms with Gasteiger partial charge in [0.25, 0.3) is 0 Å². The van der Waals surface area contributed by atoms with Gasteiger partial charge >= 0.3 is 0 Å². The maximum Gasteiger partial charge on any atom is 0.223 e. The van der Waals surface area contributed by atoms with E-state index >= 15 is 0 Å². The third-order valence-electron chi connectivity index (χ3n) is 4.10. The maximum absolute atomic E-state index is 12.1. The van der Waals surface area contributed by atoms with Crippen LogP contribution in [0.3, 0.4) is 0 Å². The van der Waals surface area contributed by atoms with E-state index in [1.165, 1.54) is 0 Å². The summed E-state index contributed by atoms with van der Waals surface area (Å²) in [6.07, 6.45) is 1.17. The molecular formula is C17H25NO3. The number of hydrogen-bond donors (Lipinski definition) is 1. The Morgan fingerprint density at radius 2 is 2.19 bits per heavy atom. The summed E-state index contributed by atoms with van der Waals surface area (Å²) in [5.41, 5.74) is 1.83. The monoisotopic (exact) mass is 291 g/mol. The molecule has 1 N–H and O–H groups in total. The molecule has 4 nitrogen and oxygen atoms in total. The van der Waals surface area contributed by atoms with Crippen molar-refractivity contribution in [2.75, 3.05) is 13.2 Å². The Morgan fingerprint density at radius 1 is 1.43 bits per heavy atom. The highest BCUT2D eigenvalue weighted by Gasteiger charge is 2.28. The first-order valence-corrected chi connectivity index (χ1v) is 7.76. The Labute approximate surface area is 126 Å². The maximum atomic E-state index is 12.1. The van der Waals surface area contributed by atoms with Crippen LogP contribution in [0.15, 0.2) is 18.2 Å². The summed E-state index contributed by atoms with van der Waals surface area (Å²) in [6, 6.07) is 5.71. The number of hydrogen-bond acceptors (Lipinski definition) is 3. The predicted octanol–water partition coefficient (Wildman–Crippen LogP) is 2.90. The Hall–Kier alpha value is -1.55. The van der Waals surface area contributed by atoms with Crippen molar-refractivity contribution in [3.8, 4) is 5.75 Å². The zero-order valence-electron chi connectivity index (χ0n) is 13.1. The third-order valence-corrected chi connectivity index (χ3v) is 4.10. The van der Waals surface area contributed by atoms with Crippen LogP contribution in [0.25, 0.3) is 0 Å². The summed E-state index contributed by atoms with van der Waals surface area (Å²) in [7, 11) is 0. The number of carbonyl (C=O) groups is 1. The van der Waals surface area contributed by atoms with E-state index in [2.05, 4.69) is 6.92 Å². The molecule has 116 valence electrons. The Morgan fingerprint density at radius 3 is 2.76 bits per heavy atom. The first-order valence-electron chi connectivity index (χ1n) is 7.76. The highest BCUT2D eigenvalue weighted by molar-refractivity contribution is 5.78. The van der Waals surface area contributed by atoms with Crippen LogP contribution in [-0.4, -0.2) is 29.1 Å². The molecule has 1 aliphatic rings. The largest absolute Gasteiger partial charge is 0.494 e. The van der Waals surface area contributed by atoms with Gasteiger partial charge in [-0.3, -0.25) is 4.79 Å². The van der Waals surface area contributed by atoms with Gasteiger partial charge in [-0.1, -0.05) is 19.4 Å². The van der Waals surface area contributed by atoms with Gasteiger partial charge in [-0.25, -0.2) is 0 Å². The lowest BCUT2D eigenvalue weighted by atomic mass is 10.1. The first kappa shape index (κ1) is 15.8. The normalized spacial score (nSPS) is 19.9. The van der Waals surface area contributed by atoms with Gasteiger partial charge in [0.1, 0.15) is 5.75 Å². The minimum absolute atomic E-state index is 0.215. The van der Waals surface area contributed by atoms with Crippen LogP contribution in [-0.2, 0) is 11.3 Å². The number of ether oxygens (including phenoxy) is 1. The summed E-state index contributed by atoms with van der Waals surface area (Å²) >= 11 is 0. The van der Waals surface area contributed by atoms with Gasteiger partial charge in [0.15, 0.2) is 0 Å². The van der Waals surface area contributed by atoms with Crippen LogP contribution in [0.5, 0.6) is 5.75 Å². The summed E-state index contributed by atoms with van der Waals surface area (Å²) in [6.45, 7) is 7.78. The molecule has 0 saturated carbocycles. The molecule has 0 aliphatic carbocycles. The van der Waals surface area contributed by atoms with Gasteiger partial charge in [-0.2, -0.15) is 0 Å². The van der Waals surface area contributed by atoms with Crippen molar-refractivity contribution in [1.82, 2.24) is 4.90 Å². The van der Waals surface area contributed by atoms with Crippen LogP contribution in [0.4, 0.5) is 0 Å². The summed E-state index contributed by atoms with van der Waals surface area (Å²) < 4.78 is 5.65. The molecule has 21 heavy (non-hydrogen) atoms. The van der Waals surface area contributed by atoms with Crippen molar-refractivity contribution >= 4 is 5.91 Å². The molecule has 0 radical (unpaired) electrons. The topological polar surface area (TPSA) is 49.8 Å². The van der Waals surface area contributed by atoms with Gasteiger partial charge < -0.3 is 14.7 Å². The Balaban J connectivity index is 2.20. The van der Waals surface area contributed by atoms with Crippen molar-refractivity contribution in [3.05, 3.63) is 29.3 Å². The average Bonchev–Trinajstić information content (AvgIpc) is 2.81. The fraction of sp³-hybridized carbons (Fsp3) is 0.588. The van der Waals surface area contributed by atoms with Gasteiger partial charge in [-0.05, 0) is 37.5 Å². The SMILES string of the molecule is CCOc1ccc(C(C)O)cc1CN1CC(CC)CC1=O. The van der Waals surface area contributed by atoms with Crippen molar-refractivity contribution < 1.29 is 14.6 Å². The molecular weight excluding hydrogens is 266 g/mol. The number of carbonyl (C=O) groups excluding carboxylic acids is 1. The number of likely N-dealkylation sites (tertiary alicyclic amines) is 1. The van der Waals surface area contributed by atoms with E-state index in [-0.39, 0.29) is 5.91 Å². The van der Waals surface area contributed by atoms with Gasteiger partial charge in [0.05, 0.1) is 12.7 Å². The predicted molar refractivity (Wildman–Crippen MR) is 82.1 cm³/mol. The molecule has 0 aromatic heterocycles. The second-order valence-electron chi connectivity index (χ2n) is 5.73. The molecule has 1 saturated heterocycles. The highest BCUT2D eigenvalue weighted by atomic mass is 16.5. The van der Waals surface area contributed by atoms with Gasteiger partial charge in [0.2, 0.25) is 5.91 Å². The minimum Gasteiger partial charge on any atom is -0.494 e. The highest BCUT2D eigenvalue weighted by Crippen LogP contribution is 2.28. The average molecular weight is 291 g/mol. The van der Waals surface area contributed by atoms with Crippen molar-refractivity contribution in [2.24, 2.45) is 5.92 Å². The second-order valence-corrected chi connectivity index (χ2v) is 5.73. The van der Waals surface area contributed by atoms with E-state index < -0.39 is 6.10 Å². The summed E-state index contributed by atoms with van der Waals surface area (Å²) in [5, 5.41) is 9.74. The molecule has 2 atom stereocenters. The fourth-order valence-corrected chi connectivity index (χ4v) is 2.76. The lowest BCUT2D eigenvalue weighted by Gasteiger charge is -2.20. The van der Waals surface area contributed by atoms with E-state index in [0.29, 0.717) is 25.5 Å². The van der Waals surface area contributed by atoms with E-state index in [0.717, 1.165) is 29.8 Å². The molecule has 0 bridgehead atoms. The lowest BCUT2D eigenvalue weighted by Crippen LogP contribution is -2.25. The molecule has 0 spiro atoms. The number of amides is 1. The van der Waals surface area contributed by atoms with Crippen molar-refractivity contribution in [1.29, 1.82) is 0 Å². The number of aliphatic hydroxyl groups is 1. The number of rotatable bonds is 6. The van der Waals surface area contributed by atoms with Crippen LogP contribution in [0, 0.1) is 5.92 Å². The molecule has 1 aliphatic heterocycles. The van der Waals surface area contributed by atoms with E-state index in [1.807, 2.05) is 30.0 Å². The molecule has 1 aromatic carbocycles. The van der Waals surface area contributed by atoms with Crippen LogP contribution in [0.2, 0.25) is 0 Å². The zero-order chi connectivity index (χ0) is 15.4. The number of benzene rings is 1. The van der Waals surface area contributed by atoms with E-state index in [4.69, 9.17) is 4.74 Å². The summed E-state index contributed by atoms with van der Waals surface area (Å²) in [5.74, 6) is 1.48. The molecule has 1 amide bonds. The second kappa shape index (κ2) is 6.94. The van der Waals surface area contributed by atoms with Crippen LogP contribution < -0.4 is 4.74 Å². The van der Waals surface area contributed by atoms with Crippen molar-refractivity contribution in [2.45, 2.75) is 46.3 Å². The van der Waals surface area contributed by atoms with Crippen LogP contribution >= 0.6 is 0 Å². The van der Waals surface area contributed by atoms with Gasteiger partial charge in [0, 0.05) is 25.1 Å². The molecule has 4 heteroatoms. The van der Waals surface area contributed by atoms with Crippen molar-refractivity contribution in [3.63, 3.8) is 0 Å². The molecule has 1 heterocycles. The Kier molecular flexibility index (Phi) is 5.23. The van der Waals surface area contributed by atoms with Gasteiger partial charge in [-0.15, -0.1) is 0 Å². The molecule has 2 unspecified atom stereocenters. The van der Waals surface area contributed by atoms with E-state index in [1.54, 1.807) is 6.92 Å². The summed E-state index contributed by atoms with van der Waals surface area (Å²) in [4.78, 5) is 14.0. The molecule has 2 rings (SSSR count). The smallest absolute Gasteiger partial charge is 0.223 e. The fourth-order valence-electron chi connectivity index (χ4n) is 2.76. The quantitative estimate of drug-likeness (QED) is 0.876. The molecule has 1 aromatic rings. The van der Waals surface area contributed by atoms with Crippen LogP contribution in [0.1, 0.15) is 50.8 Å². The minimum atomic E-state index is -0.517. The lowest BCUT2D eigenvalue weighted by molar-refractivity contribution is -0.128. The third kappa shape index (κ3) is 3.76. The van der Waals surface area contributed by atoms with E-state index in [9.17, 15) is 9.90 Å². The number of nitrogens with zero attached hydrogens (tertiary/aromatic N) is 1. The zero-order valence-corrected chi connectivity index (χ0v) is 13.1. The molecule has 1 fully saturated rings. The Bertz CT molecular complexity index is 499.